The number of aromatic amines is 1. The molecule has 9 nitrogen and oxygen atoms in total. The van der Waals surface area contributed by atoms with Crippen LogP contribution in [-0.4, -0.2) is 35.8 Å². The number of amides is 1. The fraction of sp³-hybridized carbons (Fsp3) is 0.120. The van der Waals surface area contributed by atoms with Crippen molar-refractivity contribution in [1.82, 2.24) is 10.2 Å². The van der Waals surface area contributed by atoms with E-state index in [1.807, 2.05) is 24.3 Å². The summed E-state index contributed by atoms with van der Waals surface area (Å²) in [7, 11) is 1.50. The molecule has 170 valence electrons. The van der Waals surface area contributed by atoms with Crippen LogP contribution in [0.1, 0.15) is 5.69 Å². The first kappa shape index (κ1) is 21.2. The molecule has 0 aliphatic carbocycles. The monoisotopic (exact) mass is 457 g/mol. The fourth-order valence-electron chi connectivity index (χ4n) is 3.84. The second kappa shape index (κ2) is 8.70. The Bertz CT molecular complexity index is 1620. The first-order valence-electron chi connectivity index (χ1n) is 10.4. The van der Waals surface area contributed by atoms with E-state index in [0.29, 0.717) is 33.5 Å². The molecule has 9 heteroatoms. The highest BCUT2D eigenvalue weighted by atomic mass is 16.5. The third-order valence-electron chi connectivity index (χ3n) is 5.42. The number of rotatable bonds is 6. The predicted octanol–water partition coefficient (Wildman–Crippen LogP) is 3.56. The molecule has 0 aliphatic heterocycles. The van der Waals surface area contributed by atoms with Crippen LogP contribution in [0.4, 0.5) is 5.69 Å². The van der Waals surface area contributed by atoms with Crippen LogP contribution in [0, 0.1) is 0 Å². The summed E-state index contributed by atoms with van der Waals surface area (Å²) in [5, 5.41) is 11.8. The highest BCUT2D eigenvalue weighted by molar-refractivity contribution is 6.08. The smallest absolute Gasteiger partial charge is 0.312 e. The molecule has 0 unspecified atom stereocenters. The summed E-state index contributed by atoms with van der Waals surface area (Å²) in [6.45, 7) is -0.499. The van der Waals surface area contributed by atoms with Crippen molar-refractivity contribution < 1.29 is 23.5 Å². The number of methoxy groups -OCH3 is 1. The summed E-state index contributed by atoms with van der Waals surface area (Å²) in [4.78, 5) is 36.7. The molecule has 0 atom stereocenters. The lowest BCUT2D eigenvalue weighted by Gasteiger charge is -2.11. The first-order valence-corrected chi connectivity index (χ1v) is 10.4. The van der Waals surface area contributed by atoms with Gasteiger partial charge in [-0.1, -0.05) is 36.4 Å². The molecular formula is C25H19N3O6. The molecule has 0 radical (unpaired) electrons. The summed E-state index contributed by atoms with van der Waals surface area (Å²) in [6, 6.07) is 17.9. The maximum Gasteiger partial charge on any atom is 0.312 e. The quantitative estimate of drug-likeness (QED) is 0.374. The van der Waals surface area contributed by atoms with Crippen LogP contribution < -0.4 is 15.6 Å². The van der Waals surface area contributed by atoms with Gasteiger partial charge < -0.3 is 19.2 Å². The van der Waals surface area contributed by atoms with E-state index in [4.69, 9.17) is 13.9 Å². The van der Waals surface area contributed by atoms with Crippen molar-refractivity contribution in [2.75, 3.05) is 19.0 Å². The molecule has 0 aliphatic rings. The lowest BCUT2D eigenvalue weighted by molar-refractivity contribution is -0.146. The minimum atomic E-state index is -0.653. The van der Waals surface area contributed by atoms with E-state index in [2.05, 4.69) is 15.5 Å². The lowest BCUT2D eigenvalue weighted by atomic mass is 10.1. The third-order valence-corrected chi connectivity index (χ3v) is 5.42. The summed E-state index contributed by atoms with van der Waals surface area (Å²) >= 11 is 0. The first-order chi connectivity index (χ1) is 16.5. The van der Waals surface area contributed by atoms with Crippen molar-refractivity contribution in [2.24, 2.45) is 0 Å². The number of esters is 1. The van der Waals surface area contributed by atoms with E-state index in [1.165, 1.54) is 7.11 Å². The molecule has 0 spiro atoms. The average molecular weight is 457 g/mol. The maximum atomic E-state index is 12.5. The fourth-order valence-corrected chi connectivity index (χ4v) is 3.84. The van der Waals surface area contributed by atoms with E-state index < -0.39 is 18.5 Å². The Morgan fingerprint density at radius 1 is 0.971 bits per heavy atom. The number of benzene rings is 3. The molecule has 0 bridgehead atoms. The number of anilines is 1. The number of furan rings is 1. The number of fused-ring (bicyclic) bond motifs is 4. The summed E-state index contributed by atoms with van der Waals surface area (Å²) in [6.07, 6.45) is -0.196. The molecule has 0 saturated carbocycles. The van der Waals surface area contributed by atoms with E-state index >= 15 is 0 Å². The Hall–Kier alpha value is -4.66. The summed E-state index contributed by atoms with van der Waals surface area (Å²) in [5.41, 5.74) is 1.72. The number of hydrogen-bond donors (Lipinski definition) is 2. The molecule has 2 heterocycles. The number of hydrogen-bond acceptors (Lipinski definition) is 7. The van der Waals surface area contributed by atoms with E-state index in [0.717, 1.165) is 16.4 Å². The largest absolute Gasteiger partial charge is 0.495 e. The SMILES string of the molecule is COc1cc2c(cc1NC(=O)COC(=O)Cc1n[nH]c(=O)c3ccccc13)oc1ccccc12. The zero-order chi connectivity index (χ0) is 23.7. The molecule has 5 rings (SSSR count). The lowest BCUT2D eigenvalue weighted by Crippen LogP contribution is -2.22. The maximum absolute atomic E-state index is 12.5. The molecule has 0 fully saturated rings. The van der Waals surface area contributed by atoms with Gasteiger partial charge in [0.2, 0.25) is 0 Å². The number of H-pyrrole nitrogens is 1. The molecule has 0 saturated heterocycles. The zero-order valence-corrected chi connectivity index (χ0v) is 18.1. The van der Waals surface area contributed by atoms with E-state index in [1.54, 1.807) is 36.4 Å². The number of carbonyl (C=O) groups excluding carboxylic acids is 2. The van der Waals surface area contributed by atoms with Crippen LogP contribution in [0.15, 0.2) is 69.9 Å². The second-order valence-corrected chi connectivity index (χ2v) is 7.58. The van der Waals surface area contributed by atoms with E-state index in [9.17, 15) is 14.4 Å². The standard InChI is InChI=1S/C25H19N3O6/c1-32-22-10-17-15-7-4-5-9-20(15)34-21(17)11-19(22)26-23(29)13-33-24(30)12-18-14-6-2-3-8-16(14)25(31)28-27-18/h2-11H,12-13H2,1H3,(H,26,29)(H,28,31). The molecule has 2 aromatic heterocycles. The van der Waals surface area contributed by atoms with Crippen LogP contribution in [0.3, 0.4) is 0 Å². The zero-order valence-electron chi connectivity index (χ0n) is 18.1. The molecule has 34 heavy (non-hydrogen) atoms. The van der Waals surface area contributed by atoms with Gasteiger partial charge in [0, 0.05) is 22.2 Å². The topological polar surface area (TPSA) is 124 Å². The molecule has 1 amide bonds. The predicted molar refractivity (Wildman–Crippen MR) is 126 cm³/mol. The Morgan fingerprint density at radius 3 is 2.50 bits per heavy atom. The molecule has 5 aromatic rings. The van der Waals surface area contributed by atoms with Crippen LogP contribution >= 0.6 is 0 Å². The van der Waals surface area contributed by atoms with Crippen LogP contribution in [-0.2, 0) is 20.7 Å². The summed E-state index contributed by atoms with van der Waals surface area (Å²) < 4.78 is 16.4. The van der Waals surface area contributed by atoms with Gasteiger partial charge in [0.1, 0.15) is 16.9 Å². The van der Waals surface area contributed by atoms with Crippen LogP contribution in [0.5, 0.6) is 5.75 Å². The Kier molecular flexibility index (Phi) is 5.43. The normalized spacial score (nSPS) is 11.1. The Labute approximate surface area is 192 Å². The van der Waals surface area contributed by atoms with Crippen molar-refractivity contribution in [2.45, 2.75) is 6.42 Å². The third kappa shape index (κ3) is 3.95. The number of ether oxygens (including phenoxy) is 2. The highest BCUT2D eigenvalue weighted by Crippen LogP contribution is 2.36. The van der Waals surface area contributed by atoms with Gasteiger partial charge in [-0.15, -0.1) is 0 Å². The van der Waals surface area contributed by atoms with Gasteiger partial charge in [-0.2, -0.15) is 5.10 Å². The Morgan fingerprint density at radius 2 is 1.71 bits per heavy atom. The number of nitrogens with zero attached hydrogens (tertiary/aromatic N) is 1. The van der Waals surface area contributed by atoms with Gasteiger partial charge in [0.25, 0.3) is 11.5 Å². The number of nitrogens with one attached hydrogen (secondary N) is 2. The average Bonchev–Trinajstić information content (AvgIpc) is 3.21. The van der Waals surface area contributed by atoms with Crippen molar-refractivity contribution in [3.63, 3.8) is 0 Å². The highest BCUT2D eigenvalue weighted by Gasteiger charge is 2.16. The van der Waals surface area contributed by atoms with Crippen molar-refractivity contribution in [3.05, 3.63) is 76.7 Å². The van der Waals surface area contributed by atoms with Gasteiger partial charge in [0.15, 0.2) is 6.61 Å². The number of aromatic nitrogens is 2. The minimum absolute atomic E-state index is 0.196. The number of carbonyl (C=O) groups is 2. The molecule has 2 N–H and O–H groups in total. The molecule has 3 aromatic carbocycles. The minimum Gasteiger partial charge on any atom is -0.495 e. The van der Waals surface area contributed by atoms with Gasteiger partial charge in [-0.05, 0) is 18.2 Å². The van der Waals surface area contributed by atoms with Gasteiger partial charge in [-0.25, -0.2) is 5.10 Å². The van der Waals surface area contributed by atoms with Crippen molar-refractivity contribution >= 4 is 50.3 Å². The van der Waals surface area contributed by atoms with Gasteiger partial charge in [0.05, 0.1) is 30.3 Å². The number of para-hydroxylation sites is 1. The van der Waals surface area contributed by atoms with Gasteiger partial charge >= 0.3 is 5.97 Å². The van der Waals surface area contributed by atoms with Crippen LogP contribution in [0.25, 0.3) is 32.7 Å². The summed E-state index contributed by atoms with van der Waals surface area (Å²) in [5.74, 6) is -0.747. The molecular weight excluding hydrogens is 438 g/mol. The van der Waals surface area contributed by atoms with Gasteiger partial charge in [-0.3, -0.25) is 14.4 Å². The second-order valence-electron chi connectivity index (χ2n) is 7.58. The van der Waals surface area contributed by atoms with E-state index in [-0.39, 0.29) is 12.0 Å². The van der Waals surface area contributed by atoms with Crippen molar-refractivity contribution in [3.8, 4) is 5.75 Å². The van der Waals surface area contributed by atoms with Crippen LogP contribution in [0.2, 0.25) is 0 Å². The van der Waals surface area contributed by atoms with Crippen molar-refractivity contribution in [1.29, 1.82) is 0 Å². The Balaban J connectivity index is 1.28.